The zero-order valence-corrected chi connectivity index (χ0v) is 19.5. The molecule has 1 aliphatic rings. The van der Waals surface area contributed by atoms with Gasteiger partial charge in [-0.25, -0.2) is 22.6 Å². The molecule has 0 fully saturated rings. The highest BCUT2D eigenvalue weighted by atomic mass is 32.3. The average molecular weight is 499 g/mol. The number of aliphatic hydroxyl groups excluding tert-OH is 1. The average Bonchev–Trinajstić information content (AvgIpc) is 2.75. The summed E-state index contributed by atoms with van der Waals surface area (Å²) >= 11 is 0.834. The molecule has 0 saturated carbocycles. The van der Waals surface area contributed by atoms with Crippen LogP contribution in [0.3, 0.4) is 0 Å². The van der Waals surface area contributed by atoms with Gasteiger partial charge in [0, 0.05) is 24.5 Å². The van der Waals surface area contributed by atoms with Crippen LogP contribution in [0.4, 0.5) is 14.5 Å². The fourth-order valence-electron chi connectivity index (χ4n) is 2.74. The molecular formula is C21H24F2N4O4S2. The third kappa shape index (κ3) is 6.70. The van der Waals surface area contributed by atoms with Crippen molar-refractivity contribution < 1.29 is 27.1 Å². The minimum Gasteiger partial charge on any atom is -0.506 e. The number of nitrogens with two attached hydrogens (primary N) is 1. The Morgan fingerprint density at radius 1 is 1.33 bits per heavy atom. The van der Waals surface area contributed by atoms with E-state index in [-0.39, 0.29) is 15.6 Å². The number of ketones is 1. The number of benzene rings is 1. The first-order valence-corrected chi connectivity index (χ1v) is 12.3. The van der Waals surface area contributed by atoms with Crippen molar-refractivity contribution in [2.75, 3.05) is 17.5 Å². The summed E-state index contributed by atoms with van der Waals surface area (Å²) in [5.41, 5.74) is 9.70. The van der Waals surface area contributed by atoms with Crippen LogP contribution in [0.15, 0.2) is 70.0 Å². The van der Waals surface area contributed by atoms with Gasteiger partial charge in [-0.3, -0.25) is 9.52 Å². The Morgan fingerprint density at radius 2 is 2.06 bits per heavy atom. The Hall–Kier alpha value is -3.09. The summed E-state index contributed by atoms with van der Waals surface area (Å²) in [4.78, 5) is 13.0. The summed E-state index contributed by atoms with van der Waals surface area (Å²) in [7, 11) is -4.29. The molecule has 1 heterocycles. The number of hydrogen-bond acceptors (Lipinski definition) is 8. The van der Waals surface area contributed by atoms with Crippen LogP contribution < -0.4 is 21.3 Å². The van der Waals surface area contributed by atoms with E-state index in [0.717, 1.165) is 42.2 Å². The largest absolute Gasteiger partial charge is 0.506 e. The van der Waals surface area contributed by atoms with Crippen molar-refractivity contribution in [1.82, 2.24) is 10.9 Å². The van der Waals surface area contributed by atoms with Crippen molar-refractivity contribution in [2.24, 2.45) is 5.73 Å². The van der Waals surface area contributed by atoms with Crippen LogP contribution in [0.5, 0.6) is 0 Å². The molecule has 0 bridgehead atoms. The second-order valence-electron chi connectivity index (χ2n) is 6.66. The lowest BCUT2D eigenvalue weighted by Crippen LogP contribution is -2.30. The molecule has 0 unspecified atom stereocenters. The molecular weight excluding hydrogens is 474 g/mol. The van der Waals surface area contributed by atoms with Crippen molar-refractivity contribution in [1.29, 1.82) is 0 Å². The Balaban J connectivity index is 2.44. The second kappa shape index (κ2) is 11.7. The summed E-state index contributed by atoms with van der Waals surface area (Å²) in [5, 5.41) is 9.30. The number of nitrogens with one attached hydrogen (secondary N) is 3. The molecule has 12 heteroatoms. The lowest BCUT2D eigenvalue weighted by Gasteiger charge is -2.15. The van der Waals surface area contributed by atoms with E-state index in [1.54, 1.807) is 13.0 Å². The van der Waals surface area contributed by atoms with Gasteiger partial charge in [-0.05, 0) is 49.5 Å². The van der Waals surface area contributed by atoms with Crippen LogP contribution in [-0.4, -0.2) is 32.1 Å². The van der Waals surface area contributed by atoms with E-state index in [1.807, 2.05) is 4.72 Å². The van der Waals surface area contributed by atoms with Gasteiger partial charge in [0.05, 0.1) is 11.3 Å². The second-order valence-corrected chi connectivity index (χ2v) is 9.42. The fourth-order valence-corrected chi connectivity index (χ4v) is 4.76. The quantitative estimate of drug-likeness (QED) is 0.209. The third-order valence-electron chi connectivity index (χ3n) is 4.41. The molecule has 0 aromatic heterocycles. The normalized spacial score (nSPS) is 19.0. The number of allylic oxidation sites excluding steroid dienone is 5. The standard InChI is InChI=1S/C21H24F2N4O4S2/c1-13-5-4-10-25-26-12-15(13)21(29)19-16(22)8-9-17(20(19)23)27-33(30,31)18(32-2)7-3-6-14(28)11-24/h3,5-9,11-12,25-28H,4,10,24H2,1-2H3/b6-3+,13-5+,14-11-,15-12+,18-7+. The van der Waals surface area contributed by atoms with Gasteiger partial charge in [-0.2, -0.15) is 0 Å². The number of rotatable bonds is 8. The predicted molar refractivity (Wildman–Crippen MR) is 126 cm³/mol. The minimum absolute atomic E-state index is 0.0302. The van der Waals surface area contributed by atoms with Gasteiger partial charge >= 0.3 is 0 Å². The van der Waals surface area contributed by atoms with Crippen molar-refractivity contribution in [3.63, 3.8) is 0 Å². The summed E-state index contributed by atoms with van der Waals surface area (Å²) in [6, 6.07) is 1.71. The Bertz CT molecular complexity index is 1170. The number of halogens is 2. The van der Waals surface area contributed by atoms with Gasteiger partial charge in [0.25, 0.3) is 10.0 Å². The highest BCUT2D eigenvalue weighted by Gasteiger charge is 2.27. The summed E-state index contributed by atoms with van der Waals surface area (Å²) in [5.74, 6) is -3.70. The number of carbonyl (C=O) groups is 1. The molecule has 6 N–H and O–H groups in total. The zero-order chi connectivity index (χ0) is 24.6. The minimum atomic E-state index is -4.29. The maximum atomic E-state index is 15.2. The van der Waals surface area contributed by atoms with E-state index in [9.17, 15) is 22.7 Å². The van der Waals surface area contributed by atoms with Gasteiger partial charge in [0.1, 0.15) is 15.8 Å². The maximum absolute atomic E-state index is 15.2. The van der Waals surface area contributed by atoms with Crippen molar-refractivity contribution in [2.45, 2.75) is 13.3 Å². The SMILES string of the molecule is CS\C(=C/C=C/C(O)=C/N)S(=O)(=O)Nc1ccc(F)c(C(=O)C2=C/NNCC\C=C\2C)c1F. The van der Waals surface area contributed by atoms with Gasteiger partial charge in [0.2, 0.25) is 5.78 Å². The molecule has 0 aliphatic carbocycles. The van der Waals surface area contributed by atoms with Crippen LogP contribution in [0, 0.1) is 11.6 Å². The van der Waals surface area contributed by atoms with E-state index in [4.69, 9.17) is 5.73 Å². The number of Topliss-reactive ketones (excluding diaryl/α,β-unsaturated/α-hetero) is 1. The van der Waals surface area contributed by atoms with Gasteiger partial charge in [0.15, 0.2) is 5.82 Å². The van der Waals surface area contributed by atoms with Gasteiger partial charge in [-0.15, -0.1) is 11.8 Å². The highest BCUT2D eigenvalue weighted by molar-refractivity contribution is 8.18. The smallest absolute Gasteiger partial charge is 0.268 e. The molecule has 0 atom stereocenters. The molecule has 1 aliphatic heterocycles. The molecule has 1 aromatic rings. The van der Waals surface area contributed by atoms with Gasteiger partial charge in [-0.1, -0.05) is 12.2 Å². The van der Waals surface area contributed by atoms with Crippen molar-refractivity contribution in [3.05, 3.63) is 87.2 Å². The molecule has 0 saturated heterocycles. The van der Waals surface area contributed by atoms with E-state index in [0.29, 0.717) is 18.5 Å². The summed E-state index contributed by atoms with van der Waals surface area (Å²) < 4.78 is 56.9. The van der Waals surface area contributed by atoms with Crippen LogP contribution >= 0.6 is 11.8 Å². The third-order valence-corrected chi connectivity index (χ3v) is 7.26. The molecule has 1 aromatic carbocycles. The number of anilines is 1. The molecule has 2 rings (SSSR count). The van der Waals surface area contributed by atoms with Crippen LogP contribution in [-0.2, 0) is 10.0 Å². The van der Waals surface area contributed by atoms with E-state index in [2.05, 4.69) is 10.9 Å². The Labute approximate surface area is 195 Å². The molecule has 0 spiro atoms. The van der Waals surface area contributed by atoms with Crippen molar-refractivity contribution >= 4 is 33.3 Å². The predicted octanol–water partition coefficient (Wildman–Crippen LogP) is 3.34. The fraction of sp³-hybridized carbons (Fsp3) is 0.190. The number of sulfonamides is 1. The summed E-state index contributed by atoms with van der Waals surface area (Å²) in [6.45, 7) is 2.23. The highest BCUT2D eigenvalue weighted by Crippen LogP contribution is 2.29. The molecule has 8 nitrogen and oxygen atoms in total. The summed E-state index contributed by atoms with van der Waals surface area (Å²) in [6.07, 6.45) is 9.58. The first-order chi connectivity index (χ1) is 15.6. The van der Waals surface area contributed by atoms with Gasteiger partial charge < -0.3 is 16.3 Å². The van der Waals surface area contributed by atoms with E-state index in [1.165, 1.54) is 18.5 Å². The number of hydrazine groups is 1. The number of hydrogen-bond donors (Lipinski definition) is 5. The van der Waals surface area contributed by atoms with Crippen molar-refractivity contribution in [3.8, 4) is 0 Å². The van der Waals surface area contributed by atoms with E-state index >= 15 is 4.39 Å². The topological polar surface area (TPSA) is 134 Å². The maximum Gasteiger partial charge on any atom is 0.268 e. The lowest BCUT2D eigenvalue weighted by molar-refractivity contribution is 0.102. The van der Waals surface area contributed by atoms with E-state index < -0.39 is 38.7 Å². The van der Waals surface area contributed by atoms with Crippen LogP contribution in [0.1, 0.15) is 23.7 Å². The van der Waals surface area contributed by atoms with Crippen LogP contribution in [0.2, 0.25) is 0 Å². The Kier molecular flexibility index (Phi) is 9.26. The molecule has 178 valence electrons. The van der Waals surface area contributed by atoms with Crippen LogP contribution in [0.25, 0.3) is 0 Å². The first-order valence-electron chi connectivity index (χ1n) is 9.56. The lowest BCUT2D eigenvalue weighted by atomic mass is 9.96. The molecule has 33 heavy (non-hydrogen) atoms. The number of thioether (sulfide) groups is 1. The molecule has 0 radical (unpaired) electrons. The number of carbonyl (C=O) groups excluding carboxylic acids is 1. The Morgan fingerprint density at radius 3 is 2.73 bits per heavy atom. The monoisotopic (exact) mass is 498 g/mol. The molecule has 0 amide bonds. The first kappa shape index (κ1) is 26.2. The zero-order valence-electron chi connectivity index (χ0n) is 17.9. The number of aliphatic hydroxyl groups is 1.